The second-order valence-electron chi connectivity index (χ2n) is 5.40. The fraction of sp³-hybridized carbons (Fsp3) is 0.294. The lowest BCUT2D eigenvalue weighted by Gasteiger charge is -2.25. The fourth-order valence-electron chi connectivity index (χ4n) is 2.48. The van der Waals surface area contributed by atoms with E-state index in [1.165, 1.54) is 16.8 Å². The Balaban J connectivity index is 2.50. The van der Waals surface area contributed by atoms with Gasteiger partial charge in [0.2, 0.25) is 0 Å². The van der Waals surface area contributed by atoms with E-state index in [2.05, 4.69) is 78.1 Å². The largest absolute Gasteiger partial charge is 0.344 e. The Kier molecular flexibility index (Phi) is 4.51. The van der Waals surface area contributed by atoms with Gasteiger partial charge in [0.25, 0.3) is 0 Å². The SMILES string of the molecule is Cc1cc(C)cc(N(C)c2ccc(Br)cc2C(C)N)c1. The molecule has 0 radical (unpaired) electrons. The zero-order valence-corrected chi connectivity index (χ0v) is 14.0. The first-order valence-corrected chi connectivity index (χ1v) is 7.55. The molecule has 0 aliphatic carbocycles. The van der Waals surface area contributed by atoms with E-state index < -0.39 is 0 Å². The van der Waals surface area contributed by atoms with E-state index in [4.69, 9.17) is 5.73 Å². The summed E-state index contributed by atoms with van der Waals surface area (Å²) in [6.45, 7) is 6.26. The van der Waals surface area contributed by atoms with Gasteiger partial charge < -0.3 is 10.6 Å². The molecule has 0 saturated heterocycles. The molecule has 20 heavy (non-hydrogen) atoms. The Hall–Kier alpha value is -1.32. The first kappa shape index (κ1) is 15.1. The van der Waals surface area contributed by atoms with E-state index in [1.807, 2.05) is 6.92 Å². The summed E-state index contributed by atoms with van der Waals surface area (Å²) in [6, 6.07) is 12.8. The van der Waals surface area contributed by atoms with Crippen molar-refractivity contribution in [3.05, 3.63) is 57.6 Å². The molecule has 0 amide bonds. The zero-order valence-electron chi connectivity index (χ0n) is 12.4. The first-order chi connectivity index (χ1) is 9.38. The molecule has 0 heterocycles. The molecule has 0 saturated carbocycles. The standard InChI is InChI=1S/C17H21BrN2/c1-11-7-12(2)9-15(8-11)20(4)17-6-5-14(18)10-16(17)13(3)19/h5-10,13H,19H2,1-4H3. The average Bonchev–Trinajstić information content (AvgIpc) is 2.36. The Labute approximate surface area is 129 Å². The smallest absolute Gasteiger partial charge is 0.0457 e. The molecule has 0 aromatic heterocycles. The van der Waals surface area contributed by atoms with Gasteiger partial charge in [-0.3, -0.25) is 0 Å². The van der Waals surface area contributed by atoms with Crippen LogP contribution in [0.1, 0.15) is 29.7 Å². The number of anilines is 2. The second kappa shape index (κ2) is 5.98. The van der Waals surface area contributed by atoms with Crippen molar-refractivity contribution in [2.75, 3.05) is 11.9 Å². The Morgan fingerprint density at radius 1 is 1.05 bits per heavy atom. The van der Waals surface area contributed by atoms with Crippen LogP contribution in [-0.2, 0) is 0 Å². The molecule has 2 N–H and O–H groups in total. The van der Waals surface area contributed by atoms with E-state index >= 15 is 0 Å². The van der Waals surface area contributed by atoms with Gasteiger partial charge >= 0.3 is 0 Å². The fourth-order valence-corrected chi connectivity index (χ4v) is 2.86. The van der Waals surface area contributed by atoms with Gasteiger partial charge in [-0.15, -0.1) is 0 Å². The first-order valence-electron chi connectivity index (χ1n) is 6.75. The van der Waals surface area contributed by atoms with Crippen molar-refractivity contribution >= 4 is 27.3 Å². The van der Waals surface area contributed by atoms with Gasteiger partial charge in [-0.05, 0) is 67.8 Å². The van der Waals surface area contributed by atoms with Gasteiger partial charge in [0.15, 0.2) is 0 Å². The molecule has 0 spiro atoms. The number of benzene rings is 2. The van der Waals surface area contributed by atoms with Crippen molar-refractivity contribution in [3.8, 4) is 0 Å². The van der Waals surface area contributed by atoms with Crippen LogP contribution in [0.3, 0.4) is 0 Å². The maximum Gasteiger partial charge on any atom is 0.0457 e. The van der Waals surface area contributed by atoms with Gasteiger partial charge in [-0.1, -0.05) is 22.0 Å². The van der Waals surface area contributed by atoms with Gasteiger partial charge in [-0.25, -0.2) is 0 Å². The Bertz CT molecular complexity index is 600. The molecule has 0 aliphatic heterocycles. The minimum Gasteiger partial charge on any atom is -0.344 e. The topological polar surface area (TPSA) is 29.3 Å². The highest BCUT2D eigenvalue weighted by Gasteiger charge is 2.13. The number of rotatable bonds is 3. The molecular formula is C17H21BrN2. The summed E-state index contributed by atoms with van der Waals surface area (Å²) in [4.78, 5) is 2.20. The molecule has 2 aromatic carbocycles. The van der Waals surface area contributed by atoms with Crippen LogP contribution in [0, 0.1) is 13.8 Å². The molecular weight excluding hydrogens is 312 g/mol. The van der Waals surface area contributed by atoms with Crippen LogP contribution in [0.25, 0.3) is 0 Å². The second-order valence-corrected chi connectivity index (χ2v) is 6.31. The molecule has 1 unspecified atom stereocenters. The summed E-state index contributed by atoms with van der Waals surface area (Å²) in [7, 11) is 2.09. The van der Waals surface area contributed by atoms with Crippen molar-refractivity contribution in [1.29, 1.82) is 0 Å². The lowest BCUT2D eigenvalue weighted by Crippen LogP contribution is -2.16. The lowest BCUT2D eigenvalue weighted by molar-refractivity contribution is 0.814. The Morgan fingerprint density at radius 3 is 2.20 bits per heavy atom. The van der Waals surface area contributed by atoms with Crippen LogP contribution >= 0.6 is 15.9 Å². The third kappa shape index (κ3) is 3.22. The van der Waals surface area contributed by atoms with Crippen LogP contribution in [0.15, 0.2) is 40.9 Å². The number of aryl methyl sites for hydroxylation is 2. The third-order valence-electron chi connectivity index (χ3n) is 3.44. The summed E-state index contributed by atoms with van der Waals surface area (Å²) in [5.41, 5.74) is 12.1. The summed E-state index contributed by atoms with van der Waals surface area (Å²) in [5, 5.41) is 0. The Morgan fingerprint density at radius 2 is 1.65 bits per heavy atom. The van der Waals surface area contributed by atoms with Crippen LogP contribution < -0.4 is 10.6 Å². The monoisotopic (exact) mass is 332 g/mol. The highest BCUT2D eigenvalue weighted by molar-refractivity contribution is 9.10. The van der Waals surface area contributed by atoms with Crippen molar-refractivity contribution in [2.24, 2.45) is 5.73 Å². The lowest BCUT2D eigenvalue weighted by atomic mass is 10.0. The molecule has 3 heteroatoms. The van der Waals surface area contributed by atoms with Crippen molar-refractivity contribution in [3.63, 3.8) is 0 Å². The van der Waals surface area contributed by atoms with Crippen molar-refractivity contribution in [2.45, 2.75) is 26.8 Å². The van der Waals surface area contributed by atoms with Gasteiger partial charge in [-0.2, -0.15) is 0 Å². The quantitative estimate of drug-likeness (QED) is 0.870. The van der Waals surface area contributed by atoms with Crippen LogP contribution in [0.2, 0.25) is 0 Å². The molecule has 2 nitrogen and oxygen atoms in total. The molecule has 0 fully saturated rings. The minimum atomic E-state index is -0.00384. The molecule has 0 bridgehead atoms. The molecule has 106 valence electrons. The third-order valence-corrected chi connectivity index (χ3v) is 3.93. The van der Waals surface area contributed by atoms with Crippen LogP contribution in [0.4, 0.5) is 11.4 Å². The number of nitrogens with zero attached hydrogens (tertiary/aromatic N) is 1. The molecule has 0 aliphatic rings. The number of hydrogen-bond acceptors (Lipinski definition) is 2. The van der Waals surface area contributed by atoms with E-state index in [0.717, 1.165) is 15.7 Å². The van der Waals surface area contributed by atoms with Gasteiger partial charge in [0.1, 0.15) is 0 Å². The summed E-state index contributed by atoms with van der Waals surface area (Å²) >= 11 is 3.52. The highest BCUT2D eigenvalue weighted by atomic mass is 79.9. The minimum absolute atomic E-state index is 0.00384. The van der Waals surface area contributed by atoms with Crippen LogP contribution in [0.5, 0.6) is 0 Å². The molecule has 2 aromatic rings. The van der Waals surface area contributed by atoms with Crippen LogP contribution in [-0.4, -0.2) is 7.05 Å². The van der Waals surface area contributed by atoms with Crippen molar-refractivity contribution in [1.82, 2.24) is 0 Å². The summed E-state index contributed by atoms with van der Waals surface area (Å²) < 4.78 is 1.06. The predicted molar refractivity (Wildman–Crippen MR) is 90.7 cm³/mol. The summed E-state index contributed by atoms with van der Waals surface area (Å²) in [6.07, 6.45) is 0. The molecule has 2 rings (SSSR count). The normalized spacial score (nSPS) is 12.3. The highest BCUT2D eigenvalue weighted by Crippen LogP contribution is 2.33. The zero-order chi connectivity index (χ0) is 14.9. The number of hydrogen-bond donors (Lipinski definition) is 1. The van der Waals surface area contributed by atoms with E-state index in [1.54, 1.807) is 0 Å². The summed E-state index contributed by atoms with van der Waals surface area (Å²) in [5.74, 6) is 0. The van der Waals surface area contributed by atoms with E-state index in [9.17, 15) is 0 Å². The van der Waals surface area contributed by atoms with E-state index in [-0.39, 0.29) is 6.04 Å². The van der Waals surface area contributed by atoms with Gasteiger partial charge in [0.05, 0.1) is 0 Å². The van der Waals surface area contributed by atoms with Gasteiger partial charge in [0, 0.05) is 28.9 Å². The van der Waals surface area contributed by atoms with E-state index in [0.29, 0.717) is 0 Å². The number of halogens is 1. The number of nitrogens with two attached hydrogens (primary N) is 1. The maximum atomic E-state index is 6.11. The predicted octanol–water partition coefficient (Wildman–Crippen LogP) is 4.85. The van der Waals surface area contributed by atoms with Crippen molar-refractivity contribution < 1.29 is 0 Å². The average molecular weight is 333 g/mol. The maximum absolute atomic E-state index is 6.11. The molecule has 1 atom stereocenters.